The van der Waals surface area contributed by atoms with E-state index < -0.39 is 0 Å². The molecule has 0 aromatic carbocycles. The lowest BCUT2D eigenvalue weighted by Gasteiger charge is -2.34. The lowest BCUT2D eigenvalue weighted by atomic mass is 9.92. The average molecular weight is 218 g/mol. The molecule has 0 radical (unpaired) electrons. The molecule has 1 saturated heterocycles. The second-order valence-electron chi connectivity index (χ2n) is 4.96. The average Bonchev–Trinajstić information content (AvgIpc) is 2.11. The number of piperidine rings is 1. The maximum Gasteiger partial charge on any atom is 0.0223 e. The molecule has 0 amide bonds. The summed E-state index contributed by atoms with van der Waals surface area (Å²) in [7, 11) is 0. The van der Waals surface area contributed by atoms with Gasteiger partial charge in [0.2, 0.25) is 0 Å². The Morgan fingerprint density at radius 2 is 1.71 bits per heavy atom. The van der Waals surface area contributed by atoms with Crippen LogP contribution in [0.15, 0.2) is 0 Å². The van der Waals surface area contributed by atoms with Crippen LogP contribution >= 0.6 is 11.6 Å². The number of nitrogens with zero attached hydrogens (tertiary/aromatic N) is 1. The number of halogens is 1. The molecular weight excluding hydrogens is 194 g/mol. The van der Waals surface area contributed by atoms with Gasteiger partial charge in [-0.3, -0.25) is 0 Å². The van der Waals surface area contributed by atoms with Gasteiger partial charge in [-0.1, -0.05) is 20.3 Å². The quantitative estimate of drug-likeness (QED) is 0.504. The largest absolute Gasteiger partial charge is 0.303 e. The van der Waals surface area contributed by atoms with Crippen molar-refractivity contribution in [1.82, 2.24) is 4.90 Å². The Kier molecular flexibility index (Phi) is 5.88. The third-order valence-corrected chi connectivity index (χ3v) is 3.32. The fourth-order valence-corrected chi connectivity index (χ4v) is 2.77. The second kappa shape index (κ2) is 6.68. The summed E-state index contributed by atoms with van der Waals surface area (Å²) < 4.78 is 0. The molecule has 0 N–H and O–H groups in total. The first kappa shape index (κ1) is 12.3. The monoisotopic (exact) mass is 217 g/mol. The van der Waals surface area contributed by atoms with Crippen LogP contribution in [0.2, 0.25) is 0 Å². The van der Waals surface area contributed by atoms with E-state index in [1.54, 1.807) is 0 Å². The number of unbranched alkanes of at least 4 members (excludes halogenated alkanes) is 2. The molecule has 2 unspecified atom stereocenters. The minimum Gasteiger partial charge on any atom is -0.303 e. The van der Waals surface area contributed by atoms with Gasteiger partial charge in [0.25, 0.3) is 0 Å². The first-order valence-electron chi connectivity index (χ1n) is 6.00. The topological polar surface area (TPSA) is 3.24 Å². The summed E-state index contributed by atoms with van der Waals surface area (Å²) in [5, 5.41) is 0. The van der Waals surface area contributed by atoms with Crippen molar-refractivity contribution in [3.63, 3.8) is 0 Å². The van der Waals surface area contributed by atoms with Gasteiger partial charge in [0.15, 0.2) is 0 Å². The lowest BCUT2D eigenvalue weighted by molar-refractivity contribution is 0.139. The molecule has 0 aliphatic carbocycles. The van der Waals surface area contributed by atoms with Gasteiger partial charge in [-0.25, -0.2) is 0 Å². The first-order chi connectivity index (χ1) is 6.72. The fraction of sp³-hybridized carbons (Fsp3) is 1.00. The summed E-state index contributed by atoms with van der Waals surface area (Å²) in [6, 6.07) is 0. The first-order valence-corrected chi connectivity index (χ1v) is 6.54. The summed E-state index contributed by atoms with van der Waals surface area (Å²) in [4.78, 5) is 2.63. The summed E-state index contributed by atoms with van der Waals surface area (Å²) in [5.74, 6) is 2.62. The minimum absolute atomic E-state index is 0.826. The van der Waals surface area contributed by atoms with Gasteiger partial charge < -0.3 is 4.90 Å². The molecule has 84 valence electrons. The van der Waals surface area contributed by atoms with E-state index in [2.05, 4.69) is 18.7 Å². The highest BCUT2D eigenvalue weighted by atomic mass is 35.5. The Labute approximate surface area is 93.8 Å². The number of likely N-dealkylation sites (tertiary alicyclic amines) is 1. The van der Waals surface area contributed by atoms with Crippen LogP contribution in [0.5, 0.6) is 0 Å². The van der Waals surface area contributed by atoms with E-state index >= 15 is 0 Å². The van der Waals surface area contributed by atoms with Crippen molar-refractivity contribution in [2.45, 2.75) is 39.5 Å². The summed E-state index contributed by atoms with van der Waals surface area (Å²) >= 11 is 5.66. The Morgan fingerprint density at radius 1 is 1.07 bits per heavy atom. The molecule has 1 rings (SSSR count). The maximum absolute atomic E-state index is 5.66. The Balaban J connectivity index is 2.10. The van der Waals surface area contributed by atoms with Crippen molar-refractivity contribution >= 4 is 11.6 Å². The highest BCUT2D eigenvalue weighted by Crippen LogP contribution is 2.21. The molecule has 0 bridgehead atoms. The van der Waals surface area contributed by atoms with Crippen molar-refractivity contribution in [2.75, 3.05) is 25.5 Å². The van der Waals surface area contributed by atoms with E-state index in [1.165, 1.54) is 45.3 Å². The zero-order valence-electron chi connectivity index (χ0n) is 9.64. The Morgan fingerprint density at radius 3 is 2.29 bits per heavy atom. The second-order valence-corrected chi connectivity index (χ2v) is 5.33. The predicted molar refractivity (Wildman–Crippen MR) is 64.0 cm³/mol. The molecule has 0 aromatic rings. The van der Waals surface area contributed by atoms with E-state index in [0.29, 0.717) is 0 Å². The number of alkyl halides is 1. The third-order valence-electron chi connectivity index (χ3n) is 3.05. The third kappa shape index (κ3) is 4.65. The van der Waals surface area contributed by atoms with Crippen LogP contribution in [0.4, 0.5) is 0 Å². The van der Waals surface area contributed by atoms with Gasteiger partial charge in [0, 0.05) is 19.0 Å². The molecule has 2 heteroatoms. The van der Waals surface area contributed by atoms with Crippen molar-refractivity contribution in [3.05, 3.63) is 0 Å². The fourth-order valence-electron chi connectivity index (χ4n) is 2.58. The standard InChI is InChI=1S/C12H24ClN/c1-11-8-12(2)10-14(9-11)7-5-3-4-6-13/h11-12H,3-10H2,1-2H3. The Hall–Kier alpha value is 0.250. The van der Waals surface area contributed by atoms with Crippen molar-refractivity contribution < 1.29 is 0 Å². The van der Waals surface area contributed by atoms with Crippen LogP contribution in [-0.4, -0.2) is 30.4 Å². The Bertz CT molecular complexity index is 139. The van der Waals surface area contributed by atoms with E-state index in [-0.39, 0.29) is 0 Å². The van der Waals surface area contributed by atoms with Gasteiger partial charge in [-0.05, 0) is 37.6 Å². The molecule has 0 saturated carbocycles. The van der Waals surface area contributed by atoms with Crippen molar-refractivity contribution in [3.8, 4) is 0 Å². The van der Waals surface area contributed by atoms with Crippen LogP contribution in [0, 0.1) is 11.8 Å². The maximum atomic E-state index is 5.66. The van der Waals surface area contributed by atoms with Gasteiger partial charge in [0.1, 0.15) is 0 Å². The minimum atomic E-state index is 0.826. The lowest BCUT2D eigenvalue weighted by Crippen LogP contribution is -2.39. The van der Waals surface area contributed by atoms with Crippen molar-refractivity contribution in [2.24, 2.45) is 11.8 Å². The van der Waals surface area contributed by atoms with Crippen LogP contribution in [0.1, 0.15) is 39.5 Å². The van der Waals surface area contributed by atoms with E-state index in [0.717, 1.165) is 17.7 Å². The van der Waals surface area contributed by atoms with Crippen molar-refractivity contribution in [1.29, 1.82) is 0 Å². The predicted octanol–water partition coefficient (Wildman–Crippen LogP) is 3.37. The molecule has 1 nitrogen and oxygen atoms in total. The summed E-state index contributed by atoms with van der Waals surface area (Å²) in [5.41, 5.74) is 0. The summed E-state index contributed by atoms with van der Waals surface area (Å²) in [6.07, 6.45) is 5.22. The van der Waals surface area contributed by atoms with E-state index in [1.807, 2.05) is 0 Å². The molecule has 1 heterocycles. The molecule has 2 atom stereocenters. The number of rotatable bonds is 5. The smallest absolute Gasteiger partial charge is 0.0223 e. The molecule has 0 spiro atoms. The van der Waals surface area contributed by atoms with Gasteiger partial charge in [0.05, 0.1) is 0 Å². The van der Waals surface area contributed by atoms with Gasteiger partial charge in [-0.15, -0.1) is 11.6 Å². The number of hydrogen-bond acceptors (Lipinski definition) is 1. The van der Waals surface area contributed by atoms with Crippen LogP contribution in [-0.2, 0) is 0 Å². The highest BCUT2D eigenvalue weighted by Gasteiger charge is 2.20. The zero-order chi connectivity index (χ0) is 10.4. The highest BCUT2D eigenvalue weighted by molar-refractivity contribution is 6.17. The molecule has 1 aliphatic rings. The SMILES string of the molecule is CC1CC(C)CN(CCCCCCl)C1. The van der Waals surface area contributed by atoms with Gasteiger partial charge >= 0.3 is 0 Å². The molecule has 1 fully saturated rings. The zero-order valence-corrected chi connectivity index (χ0v) is 10.4. The normalized spacial score (nSPS) is 29.4. The molecule has 1 aliphatic heterocycles. The summed E-state index contributed by atoms with van der Waals surface area (Å²) in [6.45, 7) is 8.66. The van der Waals surface area contributed by atoms with Crippen LogP contribution < -0.4 is 0 Å². The van der Waals surface area contributed by atoms with Crippen LogP contribution in [0.3, 0.4) is 0 Å². The van der Waals surface area contributed by atoms with E-state index in [4.69, 9.17) is 11.6 Å². The van der Waals surface area contributed by atoms with Crippen LogP contribution in [0.25, 0.3) is 0 Å². The molecule has 14 heavy (non-hydrogen) atoms. The molecular formula is C12H24ClN. The molecule has 0 aromatic heterocycles. The number of hydrogen-bond donors (Lipinski definition) is 0. The van der Waals surface area contributed by atoms with E-state index in [9.17, 15) is 0 Å². The van der Waals surface area contributed by atoms with Gasteiger partial charge in [-0.2, -0.15) is 0 Å².